The quantitative estimate of drug-likeness (QED) is 0.500. The molecule has 1 heterocycles. The van der Waals surface area contributed by atoms with Crippen molar-refractivity contribution in [1.29, 1.82) is 0 Å². The van der Waals surface area contributed by atoms with Gasteiger partial charge in [0.1, 0.15) is 0 Å². The van der Waals surface area contributed by atoms with Gasteiger partial charge < -0.3 is 35.0 Å². The van der Waals surface area contributed by atoms with E-state index in [0.717, 1.165) is 24.9 Å². The van der Waals surface area contributed by atoms with Crippen molar-refractivity contribution >= 4 is 0 Å². The smallest absolute Gasteiger partial charge is 0 e. The predicted octanol–water partition coefficient (Wildman–Crippen LogP) is 4.61. The first-order valence-corrected chi connectivity index (χ1v) is 4.47. The molecule has 1 unspecified atom stereocenters. The minimum absolute atomic E-state index is 0. The Morgan fingerprint density at radius 3 is 1.80 bits per heavy atom. The van der Waals surface area contributed by atoms with E-state index >= 15 is 0 Å². The fraction of sp³-hybridized carbons (Fsp3) is 0.692. The summed E-state index contributed by atoms with van der Waals surface area (Å²) in [6.45, 7) is 6.90. The normalized spacial score (nSPS) is 16.4. The Kier molecular flexibility index (Phi) is 33.7. The monoisotopic (exact) mass is 248 g/mol. The van der Waals surface area contributed by atoms with Crippen LogP contribution in [0.15, 0.2) is 0 Å². The number of nitrogens with zero attached hydrogens (tertiary/aromatic N) is 1. The van der Waals surface area contributed by atoms with E-state index in [2.05, 4.69) is 19.2 Å². The molecule has 0 aromatic rings. The molecule has 1 fully saturated rings. The van der Waals surface area contributed by atoms with Crippen LogP contribution in [-0.2, 0) is 21.7 Å². The van der Waals surface area contributed by atoms with Crippen LogP contribution >= 0.6 is 0 Å². The van der Waals surface area contributed by atoms with Gasteiger partial charge in [-0.2, -0.15) is 0 Å². The molecule has 0 spiro atoms. The molecule has 1 atom stereocenters. The van der Waals surface area contributed by atoms with E-state index in [0.29, 0.717) is 0 Å². The molecule has 0 aromatic carbocycles. The zero-order valence-corrected chi connectivity index (χ0v) is 13.2. The van der Waals surface area contributed by atoms with Crippen LogP contribution in [0.5, 0.6) is 0 Å². The molecule has 2 heteroatoms. The molecule has 1 aliphatic heterocycles. The van der Waals surface area contributed by atoms with Gasteiger partial charge in [-0.05, 0) is 11.8 Å². The molecule has 0 N–H and O–H groups in total. The van der Waals surface area contributed by atoms with Crippen molar-refractivity contribution in [2.24, 2.45) is 11.8 Å². The fourth-order valence-electron chi connectivity index (χ4n) is 1.67. The van der Waals surface area contributed by atoms with Gasteiger partial charge in [0.25, 0.3) is 0 Å². The molecule has 1 nitrogen and oxygen atoms in total. The molecular weight excluding hydrogens is 218 g/mol. The van der Waals surface area contributed by atoms with Gasteiger partial charge in [-0.3, -0.25) is 0 Å². The number of piperidine rings is 1. The van der Waals surface area contributed by atoms with E-state index in [1.807, 2.05) is 0 Å². The van der Waals surface area contributed by atoms with Crippen molar-refractivity contribution in [3.8, 4) is 0 Å². The standard InChI is InChI=1S/C9H18N.4CH3.Ti/c1-3-8(2)9-4-6-10-7-5-9;;;;;/h8-9H,3-7H2,1-2H3;4*1H3;/q5*-1;. The molecule has 1 rings (SSSR count). The second-order valence-electron chi connectivity index (χ2n) is 3.39. The first kappa shape index (κ1) is 29.6. The van der Waals surface area contributed by atoms with Gasteiger partial charge in [-0.1, -0.05) is 33.1 Å². The molecule has 0 bridgehead atoms. The number of hydrogen-bond acceptors (Lipinski definition) is 0. The maximum absolute atomic E-state index is 4.34. The van der Waals surface area contributed by atoms with Crippen molar-refractivity contribution in [3.05, 3.63) is 35.0 Å². The van der Waals surface area contributed by atoms with Crippen molar-refractivity contribution in [2.75, 3.05) is 13.1 Å². The molecule has 0 aliphatic carbocycles. The summed E-state index contributed by atoms with van der Waals surface area (Å²) in [5.41, 5.74) is 0. The summed E-state index contributed by atoms with van der Waals surface area (Å²) in [5.74, 6) is 1.90. The first-order valence-electron chi connectivity index (χ1n) is 4.47. The molecule has 15 heavy (non-hydrogen) atoms. The average Bonchev–Trinajstić information content (AvgIpc) is 2.05. The molecule has 1 saturated heterocycles. The Bertz CT molecular complexity index is 90.5. The van der Waals surface area contributed by atoms with E-state index in [1.54, 1.807) is 0 Å². The maximum atomic E-state index is 4.34. The molecule has 0 saturated carbocycles. The van der Waals surface area contributed by atoms with Crippen LogP contribution in [0.4, 0.5) is 0 Å². The van der Waals surface area contributed by atoms with Gasteiger partial charge >= 0.3 is 0 Å². The van der Waals surface area contributed by atoms with Gasteiger partial charge in [0.05, 0.1) is 0 Å². The Labute approximate surface area is 115 Å². The Morgan fingerprint density at radius 2 is 1.47 bits per heavy atom. The van der Waals surface area contributed by atoms with Crippen LogP contribution in [0.25, 0.3) is 5.32 Å². The van der Waals surface area contributed by atoms with Crippen molar-refractivity contribution < 1.29 is 21.7 Å². The topological polar surface area (TPSA) is 14.1 Å². The molecule has 0 radical (unpaired) electrons. The summed E-state index contributed by atoms with van der Waals surface area (Å²) in [6, 6.07) is 0. The van der Waals surface area contributed by atoms with Crippen LogP contribution in [0.1, 0.15) is 33.1 Å². The fourth-order valence-corrected chi connectivity index (χ4v) is 1.67. The Hall–Kier alpha value is 0.674. The molecule has 1 aliphatic rings. The Balaban J connectivity index is -0.0000000667. The predicted molar refractivity (Wildman–Crippen MR) is 70.9 cm³/mol. The summed E-state index contributed by atoms with van der Waals surface area (Å²) >= 11 is 0. The summed E-state index contributed by atoms with van der Waals surface area (Å²) in [4.78, 5) is 0. The van der Waals surface area contributed by atoms with Crippen LogP contribution in [-0.4, -0.2) is 13.1 Å². The summed E-state index contributed by atoms with van der Waals surface area (Å²) in [6.07, 6.45) is 4.02. The number of hydrogen-bond donors (Lipinski definition) is 0. The van der Waals surface area contributed by atoms with Gasteiger partial charge in [-0.15, -0.1) is 13.1 Å². The molecule has 96 valence electrons. The van der Waals surface area contributed by atoms with Gasteiger partial charge in [0.2, 0.25) is 0 Å². The second kappa shape index (κ2) is 17.1. The second-order valence-corrected chi connectivity index (χ2v) is 3.39. The average molecular weight is 248 g/mol. The van der Waals surface area contributed by atoms with E-state index in [4.69, 9.17) is 0 Å². The first-order chi connectivity index (χ1) is 4.84. The summed E-state index contributed by atoms with van der Waals surface area (Å²) in [5, 5.41) is 4.34. The third-order valence-electron chi connectivity index (χ3n) is 2.76. The summed E-state index contributed by atoms with van der Waals surface area (Å²) < 4.78 is 0. The summed E-state index contributed by atoms with van der Waals surface area (Å²) in [7, 11) is 0. The molecular formula is C13H30NTi-5. The Morgan fingerprint density at radius 1 is 1.07 bits per heavy atom. The largest absolute Gasteiger partial charge is 0.662 e. The van der Waals surface area contributed by atoms with Crippen molar-refractivity contribution in [3.63, 3.8) is 0 Å². The zero-order chi connectivity index (χ0) is 7.40. The van der Waals surface area contributed by atoms with Gasteiger partial charge in [0.15, 0.2) is 0 Å². The van der Waals surface area contributed by atoms with E-state index < -0.39 is 0 Å². The SMILES string of the molecule is CCC(C)C1CC[N-]CC1.[CH3-].[CH3-].[CH3-].[CH3-].[Ti]. The number of rotatable bonds is 2. The third-order valence-corrected chi connectivity index (χ3v) is 2.76. The molecule has 0 amide bonds. The van der Waals surface area contributed by atoms with E-state index in [-0.39, 0.29) is 51.4 Å². The third kappa shape index (κ3) is 10.9. The molecule has 0 aromatic heterocycles. The van der Waals surface area contributed by atoms with E-state index in [1.165, 1.54) is 19.3 Å². The van der Waals surface area contributed by atoms with Gasteiger partial charge in [-0.25, -0.2) is 0 Å². The minimum Gasteiger partial charge on any atom is -0.662 e. The van der Waals surface area contributed by atoms with Gasteiger partial charge in [0, 0.05) is 21.7 Å². The van der Waals surface area contributed by atoms with Crippen LogP contribution in [0.2, 0.25) is 0 Å². The van der Waals surface area contributed by atoms with E-state index in [9.17, 15) is 0 Å². The minimum atomic E-state index is 0. The zero-order valence-electron chi connectivity index (χ0n) is 11.6. The van der Waals surface area contributed by atoms with Crippen LogP contribution < -0.4 is 0 Å². The van der Waals surface area contributed by atoms with Crippen LogP contribution in [0.3, 0.4) is 0 Å². The van der Waals surface area contributed by atoms with Crippen molar-refractivity contribution in [2.45, 2.75) is 33.1 Å². The van der Waals surface area contributed by atoms with Crippen LogP contribution in [0, 0.1) is 41.5 Å². The maximum Gasteiger partial charge on any atom is 0 e. The van der Waals surface area contributed by atoms with Crippen molar-refractivity contribution in [1.82, 2.24) is 0 Å².